The van der Waals surface area contributed by atoms with Crippen LogP contribution in [0.15, 0.2) is 0 Å². The Bertz CT molecular complexity index is 315. The van der Waals surface area contributed by atoms with E-state index in [1.54, 1.807) is 0 Å². The molecule has 0 aliphatic carbocycles. The van der Waals surface area contributed by atoms with E-state index in [0.29, 0.717) is 32.0 Å². The van der Waals surface area contributed by atoms with Crippen molar-refractivity contribution in [3.05, 3.63) is 0 Å². The Labute approximate surface area is 121 Å². The molecule has 1 fully saturated rings. The molecule has 1 atom stereocenters. The second-order valence-corrected chi connectivity index (χ2v) is 5.54. The van der Waals surface area contributed by atoms with Crippen LogP contribution in [0.25, 0.3) is 0 Å². The lowest BCUT2D eigenvalue weighted by Crippen LogP contribution is -2.47. The van der Waals surface area contributed by atoms with Crippen molar-refractivity contribution in [2.24, 2.45) is 11.7 Å². The number of carbonyl (C=O) groups excluding carboxylic acids is 2. The number of nitrogens with one attached hydrogen (secondary N) is 1. The molecule has 0 saturated carbocycles. The second-order valence-electron chi connectivity index (χ2n) is 5.54. The van der Waals surface area contributed by atoms with Crippen LogP contribution in [0, 0.1) is 5.92 Å². The van der Waals surface area contributed by atoms with Gasteiger partial charge in [-0.25, -0.2) is 0 Å². The normalized spacial score (nSPS) is 17.9. The molecule has 1 aliphatic heterocycles. The summed E-state index contributed by atoms with van der Waals surface area (Å²) < 4.78 is 4.78. The van der Waals surface area contributed by atoms with Gasteiger partial charge in [0, 0.05) is 32.7 Å². The molecule has 1 rings (SSSR count). The van der Waals surface area contributed by atoms with Crippen LogP contribution in [0.4, 0.5) is 0 Å². The average molecular weight is 285 g/mol. The Balaban J connectivity index is 2.24. The van der Waals surface area contributed by atoms with Gasteiger partial charge in [0.25, 0.3) is 0 Å². The number of amides is 2. The average Bonchev–Trinajstić information content (AvgIpc) is 2.45. The van der Waals surface area contributed by atoms with Crippen LogP contribution in [0.5, 0.6) is 0 Å². The second kappa shape index (κ2) is 8.92. The van der Waals surface area contributed by atoms with Gasteiger partial charge in [-0.15, -0.1) is 0 Å². The number of hydrogen-bond acceptors (Lipinski definition) is 4. The van der Waals surface area contributed by atoms with Crippen molar-refractivity contribution in [3.8, 4) is 0 Å². The number of hydrogen-bond donors (Lipinski definition) is 2. The van der Waals surface area contributed by atoms with Gasteiger partial charge in [-0.1, -0.05) is 6.92 Å². The Morgan fingerprint density at radius 2 is 2.05 bits per heavy atom. The standard InChI is InChI=1S/C14H27N3O3/c1-11(9-15)3-4-14(19)17-7-5-12(6-8-17)16-13(18)10-20-2/h11-12H,3-10,15H2,1-2H3,(H,16,18). The van der Waals surface area contributed by atoms with E-state index in [4.69, 9.17) is 10.5 Å². The fourth-order valence-corrected chi connectivity index (χ4v) is 2.32. The van der Waals surface area contributed by atoms with Crippen LogP contribution in [-0.2, 0) is 14.3 Å². The van der Waals surface area contributed by atoms with Gasteiger partial charge < -0.3 is 20.7 Å². The smallest absolute Gasteiger partial charge is 0.246 e. The summed E-state index contributed by atoms with van der Waals surface area (Å²) in [6.07, 6.45) is 3.04. The maximum absolute atomic E-state index is 12.0. The van der Waals surface area contributed by atoms with Gasteiger partial charge in [0.1, 0.15) is 6.61 Å². The molecule has 0 radical (unpaired) electrons. The molecule has 0 aromatic carbocycles. The lowest BCUT2D eigenvalue weighted by molar-refractivity contribution is -0.132. The quantitative estimate of drug-likeness (QED) is 0.695. The van der Waals surface area contributed by atoms with Gasteiger partial charge in [0.05, 0.1) is 0 Å². The van der Waals surface area contributed by atoms with Gasteiger partial charge in [-0.05, 0) is 31.7 Å². The molecule has 1 heterocycles. The Morgan fingerprint density at radius 1 is 1.40 bits per heavy atom. The first-order valence-corrected chi connectivity index (χ1v) is 7.33. The summed E-state index contributed by atoms with van der Waals surface area (Å²) in [5.41, 5.74) is 5.55. The molecule has 20 heavy (non-hydrogen) atoms. The monoisotopic (exact) mass is 285 g/mol. The third-order valence-corrected chi connectivity index (χ3v) is 3.74. The van der Waals surface area contributed by atoms with Gasteiger partial charge in [0.2, 0.25) is 11.8 Å². The summed E-state index contributed by atoms with van der Waals surface area (Å²) in [5.74, 6) is 0.505. The van der Waals surface area contributed by atoms with E-state index < -0.39 is 0 Å². The number of methoxy groups -OCH3 is 1. The molecule has 0 aromatic heterocycles. The third-order valence-electron chi connectivity index (χ3n) is 3.74. The van der Waals surface area contributed by atoms with Crippen molar-refractivity contribution in [2.75, 3.05) is 33.4 Å². The van der Waals surface area contributed by atoms with E-state index >= 15 is 0 Å². The van der Waals surface area contributed by atoms with Crippen molar-refractivity contribution in [1.29, 1.82) is 0 Å². The number of carbonyl (C=O) groups is 2. The highest BCUT2D eigenvalue weighted by molar-refractivity contribution is 5.78. The number of rotatable bonds is 7. The molecule has 1 unspecified atom stereocenters. The van der Waals surface area contributed by atoms with Crippen molar-refractivity contribution >= 4 is 11.8 Å². The first-order valence-electron chi connectivity index (χ1n) is 7.33. The van der Waals surface area contributed by atoms with Gasteiger partial charge in [-0.2, -0.15) is 0 Å². The summed E-state index contributed by atoms with van der Waals surface area (Å²) in [6.45, 7) is 4.21. The summed E-state index contributed by atoms with van der Waals surface area (Å²) in [4.78, 5) is 25.3. The Hall–Kier alpha value is -1.14. The number of nitrogens with two attached hydrogens (primary N) is 1. The van der Waals surface area contributed by atoms with Crippen LogP contribution >= 0.6 is 0 Å². The van der Waals surface area contributed by atoms with Crippen LogP contribution in [0.3, 0.4) is 0 Å². The number of nitrogens with zero attached hydrogens (tertiary/aromatic N) is 1. The SMILES string of the molecule is COCC(=O)NC1CCN(C(=O)CCC(C)CN)CC1. The predicted molar refractivity (Wildman–Crippen MR) is 77.1 cm³/mol. The van der Waals surface area contributed by atoms with E-state index in [0.717, 1.165) is 19.3 Å². The fourth-order valence-electron chi connectivity index (χ4n) is 2.32. The lowest BCUT2D eigenvalue weighted by atomic mass is 10.0. The molecular formula is C14H27N3O3. The maximum Gasteiger partial charge on any atom is 0.246 e. The molecule has 1 saturated heterocycles. The zero-order valence-corrected chi connectivity index (χ0v) is 12.6. The molecule has 0 bridgehead atoms. The van der Waals surface area contributed by atoms with Gasteiger partial charge in [0.15, 0.2) is 0 Å². The van der Waals surface area contributed by atoms with Crippen molar-refractivity contribution in [3.63, 3.8) is 0 Å². The van der Waals surface area contributed by atoms with E-state index in [9.17, 15) is 9.59 Å². The highest BCUT2D eigenvalue weighted by Crippen LogP contribution is 2.13. The molecular weight excluding hydrogens is 258 g/mol. The molecule has 0 aromatic rings. The lowest BCUT2D eigenvalue weighted by Gasteiger charge is -2.32. The first kappa shape index (κ1) is 16.9. The van der Waals surface area contributed by atoms with Crippen molar-refractivity contribution < 1.29 is 14.3 Å². The summed E-state index contributed by atoms with van der Waals surface area (Å²) in [5, 5.41) is 2.92. The molecule has 116 valence electrons. The number of likely N-dealkylation sites (tertiary alicyclic amines) is 1. The molecule has 3 N–H and O–H groups in total. The zero-order valence-electron chi connectivity index (χ0n) is 12.6. The molecule has 6 nitrogen and oxygen atoms in total. The van der Waals surface area contributed by atoms with Crippen molar-refractivity contribution in [2.45, 2.75) is 38.6 Å². The summed E-state index contributed by atoms with van der Waals surface area (Å²) in [7, 11) is 1.50. The maximum atomic E-state index is 12.0. The minimum Gasteiger partial charge on any atom is -0.375 e. The van der Waals surface area contributed by atoms with Gasteiger partial charge in [-0.3, -0.25) is 9.59 Å². The van der Waals surface area contributed by atoms with E-state index in [1.165, 1.54) is 7.11 Å². The third kappa shape index (κ3) is 5.88. The largest absolute Gasteiger partial charge is 0.375 e. The molecule has 6 heteroatoms. The molecule has 2 amide bonds. The van der Waals surface area contributed by atoms with E-state index in [1.807, 2.05) is 4.90 Å². The topological polar surface area (TPSA) is 84.7 Å². The summed E-state index contributed by atoms with van der Waals surface area (Å²) in [6, 6.07) is 0.157. The minimum absolute atomic E-state index is 0.0888. The zero-order chi connectivity index (χ0) is 15.0. The van der Waals surface area contributed by atoms with Crippen LogP contribution < -0.4 is 11.1 Å². The molecule has 0 spiro atoms. The van der Waals surface area contributed by atoms with Gasteiger partial charge >= 0.3 is 0 Å². The van der Waals surface area contributed by atoms with E-state index in [2.05, 4.69) is 12.2 Å². The van der Waals surface area contributed by atoms with Crippen LogP contribution in [0.1, 0.15) is 32.6 Å². The summed E-state index contributed by atoms with van der Waals surface area (Å²) >= 11 is 0. The predicted octanol–water partition coefficient (Wildman–Crippen LogP) is 0.115. The number of ether oxygens (including phenoxy) is 1. The highest BCUT2D eigenvalue weighted by Gasteiger charge is 2.23. The Morgan fingerprint density at radius 3 is 2.60 bits per heavy atom. The number of piperidine rings is 1. The minimum atomic E-state index is -0.0888. The Kier molecular flexibility index (Phi) is 7.54. The van der Waals surface area contributed by atoms with E-state index in [-0.39, 0.29) is 24.5 Å². The molecule has 1 aliphatic rings. The highest BCUT2D eigenvalue weighted by atomic mass is 16.5. The van der Waals surface area contributed by atoms with Crippen LogP contribution in [0.2, 0.25) is 0 Å². The fraction of sp³-hybridized carbons (Fsp3) is 0.857. The van der Waals surface area contributed by atoms with Crippen molar-refractivity contribution in [1.82, 2.24) is 10.2 Å². The van der Waals surface area contributed by atoms with Crippen LogP contribution in [-0.4, -0.2) is 56.1 Å². The first-order chi connectivity index (χ1) is 9.56.